The van der Waals surface area contributed by atoms with Gasteiger partial charge in [0.15, 0.2) is 0 Å². The van der Waals surface area contributed by atoms with Crippen LogP contribution in [0.3, 0.4) is 0 Å². The Morgan fingerprint density at radius 3 is 1.57 bits per heavy atom. The normalized spacial score (nSPS) is 13.0. The first-order valence-corrected chi connectivity index (χ1v) is 19.6. The Morgan fingerprint density at radius 1 is 0.357 bits per heavy atom. The van der Waals surface area contributed by atoms with E-state index in [1.165, 1.54) is 87.6 Å². The van der Waals surface area contributed by atoms with Crippen molar-refractivity contribution < 1.29 is 0 Å². The molecule has 0 spiro atoms. The number of benzene rings is 10. The minimum atomic E-state index is -0.154. The molecule has 0 amide bonds. The van der Waals surface area contributed by atoms with Crippen molar-refractivity contribution >= 4 is 60.2 Å². The maximum absolute atomic E-state index is 2.46. The third-order valence-electron chi connectivity index (χ3n) is 12.2. The van der Waals surface area contributed by atoms with Gasteiger partial charge in [0.2, 0.25) is 0 Å². The summed E-state index contributed by atoms with van der Waals surface area (Å²) in [6.45, 7) is 4.77. The topological polar surface area (TPSA) is 3.24 Å². The first-order chi connectivity index (χ1) is 27.5. The summed E-state index contributed by atoms with van der Waals surface area (Å²) >= 11 is 0. The van der Waals surface area contributed by atoms with Crippen molar-refractivity contribution in [2.45, 2.75) is 19.3 Å². The minimum Gasteiger partial charge on any atom is -0.309 e. The molecule has 0 N–H and O–H groups in total. The fourth-order valence-electron chi connectivity index (χ4n) is 9.50. The lowest BCUT2D eigenvalue weighted by molar-refractivity contribution is 0.645. The average molecular weight is 714 g/mol. The van der Waals surface area contributed by atoms with Crippen LogP contribution in [0.25, 0.3) is 76.5 Å². The number of rotatable bonds is 5. The average Bonchev–Trinajstić information content (AvgIpc) is 3.25. The van der Waals surface area contributed by atoms with Crippen molar-refractivity contribution in [3.05, 3.63) is 211 Å². The predicted octanol–water partition coefficient (Wildman–Crippen LogP) is 15.4. The Bertz CT molecular complexity index is 3070. The lowest BCUT2D eigenvalue weighted by Gasteiger charge is -2.36. The molecule has 0 aromatic heterocycles. The fraction of sp³-hybridized carbons (Fsp3) is 0.0545. The summed E-state index contributed by atoms with van der Waals surface area (Å²) in [7, 11) is 0. The molecule has 1 aliphatic rings. The smallest absolute Gasteiger partial charge is 0.0540 e. The van der Waals surface area contributed by atoms with Crippen LogP contribution >= 0.6 is 0 Å². The van der Waals surface area contributed by atoms with Gasteiger partial charge < -0.3 is 4.90 Å². The molecular weight excluding hydrogens is 675 g/mol. The summed E-state index contributed by atoms with van der Waals surface area (Å²) in [5.41, 5.74) is 13.7. The van der Waals surface area contributed by atoms with Gasteiger partial charge in [-0.15, -0.1) is 0 Å². The van der Waals surface area contributed by atoms with Gasteiger partial charge in [0, 0.05) is 21.9 Å². The predicted molar refractivity (Wildman–Crippen MR) is 240 cm³/mol. The molecule has 10 aromatic rings. The monoisotopic (exact) mass is 713 g/mol. The van der Waals surface area contributed by atoms with Crippen LogP contribution in [0.4, 0.5) is 17.1 Å². The summed E-state index contributed by atoms with van der Waals surface area (Å²) in [5.74, 6) is 0. The van der Waals surface area contributed by atoms with Gasteiger partial charge >= 0.3 is 0 Å². The Morgan fingerprint density at radius 2 is 0.893 bits per heavy atom. The molecule has 56 heavy (non-hydrogen) atoms. The van der Waals surface area contributed by atoms with Crippen LogP contribution in [0.5, 0.6) is 0 Å². The van der Waals surface area contributed by atoms with Crippen molar-refractivity contribution in [3.63, 3.8) is 0 Å². The quantitative estimate of drug-likeness (QED) is 0.172. The SMILES string of the molecule is CC1(C)c2ccc(-c3ccc(N(c4cccc5ccccc45)c4cccc5ccccc45)cc3)cc2-c2c(-c3cccc4ccccc34)ccc3cccc1c23. The van der Waals surface area contributed by atoms with Gasteiger partial charge in [0.1, 0.15) is 0 Å². The van der Waals surface area contributed by atoms with Crippen LogP contribution in [0.2, 0.25) is 0 Å². The van der Waals surface area contributed by atoms with E-state index in [0.29, 0.717) is 0 Å². The van der Waals surface area contributed by atoms with E-state index >= 15 is 0 Å². The largest absolute Gasteiger partial charge is 0.309 e. The summed E-state index contributed by atoms with van der Waals surface area (Å²) in [5, 5.41) is 10.1. The van der Waals surface area contributed by atoms with Crippen LogP contribution in [-0.4, -0.2) is 0 Å². The Balaban J connectivity index is 1.09. The molecular formula is C55H39N. The molecule has 0 saturated heterocycles. The molecule has 0 bridgehead atoms. The number of hydrogen-bond acceptors (Lipinski definition) is 1. The summed E-state index contributed by atoms with van der Waals surface area (Å²) in [6.07, 6.45) is 0. The van der Waals surface area contributed by atoms with Gasteiger partial charge in [-0.1, -0.05) is 184 Å². The molecule has 0 unspecified atom stereocenters. The van der Waals surface area contributed by atoms with Crippen LogP contribution in [0.1, 0.15) is 25.0 Å². The van der Waals surface area contributed by atoms with Crippen LogP contribution < -0.4 is 4.90 Å². The van der Waals surface area contributed by atoms with Crippen molar-refractivity contribution in [1.29, 1.82) is 0 Å². The zero-order chi connectivity index (χ0) is 37.4. The third-order valence-corrected chi connectivity index (χ3v) is 12.2. The number of hydrogen-bond donors (Lipinski definition) is 0. The van der Waals surface area contributed by atoms with E-state index in [2.05, 4.69) is 219 Å². The molecule has 10 aromatic carbocycles. The molecule has 1 nitrogen and oxygen atoms in total. The molecule has 0 radical (unpaired) electrons. The van der Waals surface area contributed by atoms with Gasteiger partial charge in [-0.3, -0.25) is 0 Å². The van der Waals surface area contributed by atoms with Gasteiger partial charge in [-0.2, -0.15) is 0 Å². The fourth-order valence-corrected chi connectivity index (χ4v) is 9.50. The number of fused-ring (bicyclic) bond motifs is 5. The van der Waals surface area contributed by atoms with Crippen LogP contribution in [0.15, 0.2) is 200 Å². The first-order valence-electron chi connectivity index (χ1n) is 19.6. The van der Waals surface area contributed by atoms with Crippen LogP contribution in [0, 0.1) is 0 Å². The highest BCUT2D eigenvalue weighted by molar-refractivity contribution is 6.13. The van der Waals surface area contributed by atoms with E-state index in [9.17, 15) is 0 Å². The minimum absolute atomic E-state index is 0.154. The maximum Gasteiger partial charge on any atom is 0.0540 e. The van der Waals surface area contributed by atoms with Crippen molar-refractivity contribution in [2.24, 2.45) is 0 Å². The summed E-state index contributed by atoms with van der Waals surface area (Å²) in [6, 6.07) is 74.0. The Labute approximate surface area is 327 Å². The lowest BCUT2D eigenvalue weighted by Crippen LogP contribution is -2.24. The molecule has 1 aliphatic carbocycles. The van der Waals surface area contributed by atoms with Gasteiger partial charge in [0.05, 0.1) is 11.4 Å². The first kappa shape index (κ1) is 32.5. The van der Waals surface area contributed by atoms with Crippen molar-refractivity contribution in [3.8, 4) is 33.4 Å². The molecule has 264 valence electrons. The second kappa shape index (κ2) is 12.5. The van der Waals surface area contributed by atoms with E-state index < -0.39 is 0 Å². The highest BCUT2D eigenvalue weighted by atomic mass is 15.1. The van der Waals surface area contributed by atoms with Gasteiger partial charge in [-0.05, 0) is 107 Å². The van der Waals surface area contributed by atoms with E-state index in [1.807, 2.05) is 0 Å². The van der Waals surface area contributed by atoms with E-state index in [0.717, 1.165) is 17.1 Å². The molecule has 0 fully saturated rings. The zero-order valence-corrected chi connectivity index (χ0v) is 31.5. The summed E-state index contributed by atoms with van der Waals surface area (Å²) in [4.78, 5) is 2.43. The highest BCUT2D eigenvalue weighted by Gasteiger charge is 2.35. The molecule has 0 saturated carbocycles. The molecule has 0 heterocycles. The Hall–Kier alpha value is -6.96. The van der Waals surface area contributed by atoms with Crippen LogP contribution in [-0.2, 0) is 5.41 Å². The van der Waals surface area contributed by atoms with Crippen molar-refractivity contribution in [2.75, 3.05) is 4.90 Å². The maximum atomic E-state index is 2.46. The molecule has 0 aliphatic heterocycles. The number of nitrogens with zero attached hydrogens (tertiary/aromatic N) is 1. The third kappa shape index (κ3) is 4.94. The zero-order valence-electron chi connectivity index (χ0n) is 31.5. The Kier molecular flexibility index (Phi) is 7.28. The second-order valence-electron chi connectivity index (χ2n) is 15.7. The van der Waals surface area contributed by atoms with E-state index in [-0.39, 0.29) is 5.41 Å². The van der Waals surface area contributed by atoms with Gasteiger partial charge in [0.25, 0.3) is 0 Å². The van der Waals surface area contributed by atoms with Gasteiger partial charge in [-0.25, -0.2) is 0 Å². The van der Waals surface area contributed by atoms with E-state index in [4.69, 9.17) is 0 Å². The molecule has 0 atom stereocenters. The highest BCUT2D eigenvalue weighted by Crippen LogP contribution is 2.53. The second-order valence-corrected chi connectivity index (χ2v) is 15.7. The number of anilines is 3. The standard InChI is InChI=1S/C55H39N/c1-55(2)49-34-30-41(35-48(49)54-47(33-29-40-19-10-24-50(55)53(40)54)46-23-9-16-37-13-3-6-20-43(37)46)36-27-31-42(32-28-36)56(51-25-11-17-38-14-4-7-21-44(38)51)52-26-12-18-39-15-5-8-22-45(39)52/h3-35H,1-2H3. The molecule has 1 heteroatoms. The van der Waals surface area contributed by atoms with E-state index in [1.54, 1.807) is 0 Å². The lowest BCUT2D eigenvalue weighted by atomic mass is 9.67. The molecule has 11 rings (SSSR count). The summed E-state index contributed by atoms with van der Waals surface area (Å²) < 4.78 is 0. The van der Waals surface area contributed by atoms with Crippen molar-refractivity contribution in [1.82, 2.24) is 0 Å².